The number of hydrogen-bond acceptors (Lipinski definition) is 4. The highest BCUT2D eigenvalue weighted by Crippen LogP contribution is 2.39. The predicted molar refractivity (Wildman–Crippen MR) is 103 cm³/mol. The van der Waals surface area contributed by atoms with E-state index in [1.54, 1.807) is 19.4 Å². The second-order valence-electron chi connectivity index (χ2n) is 6.85. The van der Waals surface area contributed by atoms with Gasteiger partial charge in [-0.05, 0) is 45.1 Å². The first-order valence-corrected chi connectivity index (χ1v) is 8.64. The van der Waals surface area contributed by atoms with Crippen molar-refractivity contribution in [1.82, 2.24) is 10.3 Å². The maximum absolute atomic E-state index is 6.10. The summed E-state index contributed by atoms with van der Waals surface area (Å²) >= 11 is 5.49. The molecular formula is C19H23N3O2S. The highest BCUT2D eigenvalue weighted by Gasteiger charge is 2.34. The number of fused-ring (bicyclic) bond motifs is 1. The monoisotopic (exact) mass is 357 g/mol. The minimum absolute atomic E-state index is 0.0878. The van der Waals surface area contributed by atoms with Crippen molar-refractivity contribution in [1.29, 1.82) is 0 Å². The topological polar surface area (TPSA) is 55.4 Å². The van der Waals surface area contributed by atoms with Gasteiger partial charge in [0.25, 0.3) is 0 Å². The summed E-state index contributed by atoms with van der Waals surface area (Å²) in [5, 5.41) is 7.15. The molecule has 1 aliphatic heterocycles. The average Bonchev–Trinajstić information content (AvgIpc) is 2.55. The molecule has 2 N–H and O–H groups in total. The Morgan fingerprint density at radius 3 is 2.80 bits per heavy atom. The van der Waals surface area contributed by atoms with Gasteiger partial charge >= 0.3 is 0 Å². The third-order valence-electron chi connectivity index (χ3n) is 4.13. The lowest BCUT2D eigenvalue weighted by Crippen LogP contribution is -2.42. The smallest absolute Gasteiger partial charge is 0.213 e. The summed E-state index contributed by atoms with van der Waals surface area (Å²) in [6.07, 6.45) is 2.52. The van der Waals surface area contributed by atoms with Crippen molar-refractivity contribution in [2.45, 2.75) is 38.8 Å². The van der Waals surface area contributed by atoms with E-state index in [0.717, 1.165) is 23.4 Å². The number of aromatic nitrogens is 1. The molecule has 0 spiro atoms. The zero-order valence-corrected chi connectivity index (χ0v) is 15.7. The molecule has 6 heteroatoms. The number of ether oxygens (including phenoxy) is 2. The maximum atomic E-state index is 6.10. The van der Waals surface area contributed by atoms with Crippen LogP contribution in [-0.2, 0) is 0 Å². The number of nitrogens with zero attached hydrogens (tertiary/aromatic N) is 1. The Bertz CT molecular complexity index is 775. The van der Waals surface area contributed by atoms with Gasteiger partial charge in [-0.1, -0.05) is 17.7 Å². The van der Waals surface area contributed by atoms with Crippen LogP contribution in [0.2, 0.25) is 0 Å². The molecule has 0 radical (unpaired) electrons. The largest absolute Gasteiger partial charge is 0.487 e. The summed E-state index contributed by atoms with van der Waals surface area (Å²) in [7, 11) is 1.59. The first kappa shape index (κ1) is 17.5. The van der Waals surface area contributed by atoms with Gasteiger partial charge < -0.3 is 20.1 Å². The van der Waals surface area contributed by atoms with Gasteiger partial charge in [0.05, 0.1) is 25.0 Å². The number of nitrogens with one attached hydrogen (secondary N) is 2. The first-order chi connectivity index (χ1) is 11.9. The summed E-state index contributed by atoms with van der Waals surface area (Å²) in [5.74, 6) is 1.48. The van der Waals surface area contributed by atoms with Crippen LogP contribution in [0, 0.1) is 6.92 Å². The number of pyridine rings is 1. The molecule has 2 heterocycles. The number of rotatable bonds is 3. The molecule has 1 unspecified atom stereocenters. The number of benzene rings is 1. The fraction of sp³-hybridized carbons (Fsp3) is 0.368. The van der Waals surface area contributed by atoms with Crippen LogP contribution in [-0.4, -0.2) is 22.8 Å². The number of aryl methyl sites for hydroxylation is 1. The molecule has 132 valence electrons. The molecule has 2 aromatic rings. The van der Waals surface area contributed by atoms with Crippen LogP contribution in [0.3, 0.4) is 0 Å². The maximum Gasteiger partial charge on any atom is 0.213 e. The zero-order chi connectivity index (χ0) is 18.0. The molecule has 0 amide bonds. The van der Waals surface area contributed by atoms with Crippen molar-refractivity contribution in [2.75, 3.05) is 12.4 Å². The molecule has 0 aliphatic carbocycles. The van der Waals surface area contributed by atoms with Gasteiger partial charge in [-0.3, -0.25) is 0 Å². The summed E-state index contributed by atoms with van der Waals surface area (Å²) < 4.78 is 11.2. The summed E-state index contributed by atoms with van der Waals surface area (Å²) in [4.78, 5) is 4.18. The normalized spacial score (nSPS) is 17.8. The number of hydrogen-bond donors (Lipinski definition) is 2. The molecule has 0 fully saturated rings. The molecule has 1 aromatic carbocycles. The van der Waals surface area contributed by atoms with Crippen LogP contribution in [0.1, 0.15) is 37.4 Å². The molecular weight excluding hydrogens is 334 g/mol. The summed E-state index contributed by atoms with van der Waals surface area (Å²) in [6.45, 7) is 6.26. The van der Waals surface area contributed by atoms with Crippen LogP contribution in [0.5, 0.6) is 11.6 Å². The number of methoxy groups -OCH3 is 1. The summed E-state index contributed by atoms with van der Waals surface area (Å²) in [6, 6.07) is 10.0. The highest BCUT2D eigenvalue weighted by atomic mass is 32.1. The first-order valence-electron chi connectivity index (χ1n) is 8.23. The van der Waals surface area contributed by atoms with Crippen LogP contribution >= 0.6 is 12.2 Å². The van der Waals surface area contributed by atoms with E-state index < -0.39 is 0 Å². The second kappa shape index (κ2) is 6.88. The lowest BCUT2D eigenvalue weighted by molar-refractivity contribution is 0.0696. The molecule has 1 atom stereocenters. The molecule has 0 saturated heterocycles. The second-order valence-corrected chi connectivity index (χ2v) is 7.26. The third-order valence-corrected chi connectivity index (χ3v) is 4.35. The lowest BCUT2D eigenvalue weighted by atomic mass is 9.89. The SMILES string of the molecule is COc1ccc(NC(=S)NC2CC(C)(C)Oc3ccc(C)cc32)cn1. The predicted octanol–water partition coefficient (Wildman–Crippen LogP) is 3.99. The van der Waals surface area contributed by atoms with E-state index in [-0.39, 0.29) is 11.6 Å². The van der Waals surface area contributed by atoms with E-state index in [4.69, 9.17) is 21.7 Å². The van der Waals surface area contributed by atoms with Gasteiger partial charge in [-0.2, -0.15) is 0 Å². The number of anilines is 1. The summed E-state index contributed by atoms with van der Waals surface area (Å²) in [5.41, 5.74) is 2.90. The average molecular weight is 357 g/mol. The Labute approximate surface area is 153 Å². The zero-order valence-electron chi connectivity index (χ0n) is 14.9. The van der Waals surface area contributed by atoms with Gasteiger partial charge in [0, 0.05) is 18.1 Å². The van der Waals surface area contributed by atoms with E-state index in [1.165, 1.54) is 5.56 Å². The van der Waals surface area contributed by atoms with Crippen molar-refractivity contribution in [3.05, 3.63) is 47.7 Å². The Morgan fingerprint density at radius 1 is 1.32 bits per heavy atom. The quantitative estimate of drug-likeness (QED) is 0.810. The minimum Gasteiger partial charge on any atom is -0.487 e. The van der Waals surface area contributed by atoms with E-state index in [9.17, 15) is 0 Å². The van der Waals surface area contributed by atoms with Gasteiger partial charge in [0.15, 0.2) is 5.11 Å². The van der Waals surface area contributed by atoms with Crippen LogP contribution in [0.4, 0.5) is 5.69 Å². The third kappa shape index (κ3) is 4.20. The van der Waals surface area contributed by atoms with E-state index in [0.29, 0.717) is 11.0 Å². The van der Waals surface area contributed by atoms with Crippen molar-refractivity contribution < 1.29 is 9.47 Å². The van der Waals surface area contributed by atoms with Crippen molar-refractivity contribution in [3.8, 4) is 11.6 Å². The number of thiocarbonyl (C=S) groups is 1. The van der Waals surface area contributed by atoms with Gasteiger partial charge in [0.2, 0.25) is 5.88 Å². The minimum atomic E-state index is -0.253. The van der Waals surface area contributed by atoms with Crippen LogP contribution in [0.15, 0.2) is 36.5 Å². The molecule has 1 aromatic heterocycles. The van der Waals surface area contributed by atoms with E-state index in [2.05, 4.69) is 48.5 Å². The molecule has 0 saturated carbocycles. The van der Waals surface area contributed by atoms with Crippen molar-refractivity contribution >= 4 is 23.0 Å². The molecule has 25 heavy (non-hydrogen) atoms. The fourth-order valence-electron chi connectivity index (χ4n) is 3.00. The van der Waals surface area contributed by atoms with Crippen molar-refractivity contribution in [3.63, 3.8) is 0 Å². The molecule has 3 rings (SSSR count). The van der Waals surface area contributed by atoms with Gasteiger partial charge in [-0.25, -0.2) is 4.98 Å². The van der Waals surface area contributed by atoms with Crippen molar-refractivity contribution in [2.24, 2.45) is 0 Å². The standard InChI is InChI=1S/C19H23N3O2S/c1-12-5-7-16-14(9-12)15(10-19(2,3)24-16)22-18(25)21-13-6-8-17(23-4)20-11-13/h5-9,11,15H,10H2,1-4H3,(H2,21,22,25). The Kier molecular flexibility index (Phi) is 4.81. The lowest BCUT2D eigenvalue weighted by Gasteiger charge is -2.38. The van der Waals surface area contributed by atoms with E-state index >= 15 is 0 Å². The Morgan fingerprint density at radius 2 is 2.12 bits per heavy atom. The molecule has 0 bridgehead atoms. The van der Waals surface area contributed by atoms with Crippen LogP contribution < -0.4 is 20.1 Å². The molecule has 1 aliphatic rings. The van der Waals surface area contributed by atoms with Gasteiger partial charge in [-0.15, -0.1) is 0 Å². The Balaban J connectivity index is 1.74. The Hall–Kier alpha value is -2.34. The van der Waals surface area contributed by atoms with Gasteiger partial charge in [0.1, 0.15) is 11.4 Å². The van der Waals surface area contributed by atoms with E-state index in [1.807, 2.05) is 12.1 Å². The highest BCUT2D eigenvalue weighted by molar-refractivity contribution is 7.80. The van der Waals surface area contributed by atoms with Crippen LogP contribution in [0.25, 0.3) is 0 Å². The molecule has 5 nitrogen and oxygen atoms in total. The fourth-order valence-corrected chi connectivity index (χ4v) is 3.26.